The second-order valence-electron chi connectivity index (χ2n) is 3.51. The Bertz CT molecular complexity index is 356. The summed E-state index contributed by atoms with van der Waals surface area (Å²) in [7, 11) is 0. The molecule has 1 aliphatic heterocycles. The molecule has 0 aromatic heterocycles. The number of carbonyl (C=O) groups excluding carboxylic acids is 1. The average molecular weight is 230 g/mol. The number of Topliss-reactive ketones (excluding diaryl/α,β-unsaturated/α-hetero) is 1. The zero-order valence-electron chi connectivity index (χ0n) is 8.20. The Kier molecular flexibility index (Phi) is 4.24. The Hall–Kier alpha value is -0.930. The lowest BCUT2D eigenvalue weighted by molar-refractivity contribution is -0.122. The summed E-state index contributed by atoms with van der Waals surface area (Å²) in [5, 5.41) is 3.10. The van der Waals surface area contributed by atoms with Crippen LogP contribution in [0, 0.1) is 5.82 Å². The van der Waals surface area contributed by atoms with Crippen molar-refractivity contribution >= 4 is 18.2 Å². The van der Waals surface area contributed by atoms with Gasteiger partial charge in [-0.3, -0.25) is 4.79 Å². The van der Waals surface area contributed by atoms with Crippen molar-refractivity contribution in [3.05, 3.63) is 35.6 Å². The van der Waals surface area contributed by atoms with E-state index in [4.69, 9.17) is 0 Å². The summed E-state index contributed by atoms with van der Waals surface area (Å²) in [6, 6.07) is 5.91. The predicted molar refractivity (Wildman–Crippen MR) is 58.6 cm³/mol. The molecule has 1 heterocycles. The second kappa shape index (κ2) is 5.24. The van der Waals surface area contributed by atoms with Crippen molar-refractivity contribution in [3.63, 3.8) is 0 Å². The van der Waals surface area contributed by atoms with Crippen LogP contribution in [-0.4, -0.2) is 12.3 Å². The molecule has 1 unspecified atom stereocenters. The normalized spacial score (nSPS) is 20.9. The lowest BCUT2D eigenvalue weighted by atomic mass is 9.96. The molecule has 82 valence electrons. The van der Waals surface area contributed by atoms with E-state index in [1.54, 1.807) is 12.1 Å². The quantitative estimate of drug-likeness (QED) is 0.800. The molecule has 0 spiro atoms. The van der Waals surface area contributed by atoms with Gasteiger partial charge in [-0.05, 0) is 30.7 Å². The number of benzene rings is 1. The molecule has 2 nitrogen and oxygen atoms in total. The first kappa shape index (κ1) is 12.1. The van der Waals surface area contributed by atoms with Gasteiger partial charge in [-0.2, -0.15) is 0 Å². The fourth-order valence-electron chi connectivity index (χ4n) is 1.76. The minimum atomic E-state index is -0.306. The SMILES string of the molecule is Cl.O=C1CCCNC1c1cccc(F)c1. The number of nitrogens with one attached hydrogen (secondary N) is 1. The Labute approximate surface area is 94.3 Å². The zero-order valence-corrected chi connectivity index (χ0v) is 9.02. The monoisotopic (exact) mass is 229 g/mol. The maximum atomic E-state index is 12.9. The first-order valence-electron chi connectivity index (χ1n) is 4.79. The minimum absolute atomic E-state index is 0. The average Bonchev–Trinajstić information content (AvgIpc) is 2.18. The summed E-state index contributed by atoms with van der Waals surface area (Å²) >= 11 is 0. The van der Waals surface area contributed by atoms with E-state index < -0.39 is 0 Å². The molecule has 1 aromatic carbocycles. The Morgan fingerprint density at radius 1 is 1.40 bits per heavy atom. The molecular formula is C11H13ClFNO. The second-order valence-corrected chi connectivity index (χ2v) is 3.51. The van der Waals surface area contributed by atoms with E-state index in [9.17, 15) is 9.18 Å². The van der Waals surface area contributed by atoms with E-state index in [1.165, 1.54) is 12.1 Å². The van der Waals surface area contributed by atoms with Gasteiger partial charge in [0.25, 0.3) is 0 Å². The van der Waals surface area contributed by atoms with E-state index in [-0.39, 0.29) is 30.0 Å². The summed E-state index contributed by atoms with van der Waals surface area (Å²) in [5.41, 5.74) is 0.731. The molecule has 0 aliphatic carbocycles. The number of piperidine rings is 1. The predicted octanol–water partition coefficient (Wildman–Crippen LogP) is 2.24. The van der Waals surface area contributed by atoms with E-state index in [0.29, 0.717) is 6.42 Å². The van der Waals surface area contributed by atoms with Crippen molar-refractivity contribution in [1.82, 2.24) is 5.32 Å². The standard InChI is InChI=1S/C11H12FNO.ClH/c12-9-4-1-3-8(7-9)11-10(14)5-2-6-13-11;/h1,3-4,7,11,13H,2,5-6H2;1H. The number of ketones is 1. The summed E-state index contributed by atoms with van der Waals surface area (Å²) in [6.07, 6.45) is 1.47. The van der Waals surface area contributed by atoms with Gasteiger partial charge < -0.3 is 5.32 Å². The highest BCUT2D eigenvalue weighted by atomic mass is 35.5. The number of hydrogen-bond donors (Lipinski definition) is 1. The van der Waals surface area contributed by atoms with Crippen LogP contribution < -0.4 is 5.32 Å². The molecule has 15 heavy (non-hydrogen) atoms. The fraction of sp³-hybridized carbons (Fsp3) is 0.364. The number of rotatable bonds is 1. The Morgan fingerprint density at radius 2 is 2.20 bits per heavy atom. The lowest BCUT2D eigenvalue weighted by Gasteiger charge is -2.22. The third-order valence-corrected chi connectivity index (χ3v) is 2.45. The van der Waals surface area contributed by atoms with Crippen molar-refractivity contribution in [3.8, 4) is 0 Å². The molecule has 1 aliphatic rings. The van der Waals surface area contributed by atoms with Gasteiger partial charge in [-0.15, -0.1) is 12.4 Å². The first-order valence-corrected chi connectivity index (χ1v) is 4.79. The molecule has 0 radical (unpaired) electrons. The van der Waals surface area contributed by atoms with E-state index in [1.807, 2.05) is 0 Å². The van der Waals surface area contributed by atoms with Gasteiger partial charge in [0.05, 0.1) is 6.04 Å². The zero-order chi connectivity index (χ0) is 9.97. The van der Waals surface area contributed by atoms with Gasteiger partial charge in [0.15, 0.2) is 5.78 Å². The molecule has 0 saturated carbocycles. The molecule has 0 amide bonds. The fourth-order valence-corrected chi connectivity index (χ4v) is 1.76. The largest absolute Gasteiger partial charge is 0.304 e. The van der Waals surface area contributed by atoms with E-state index in [0.717, 1.165) is 18.5 Å². The van der Waals surface area contributed by atoms with Crippen LogP contribution in [0.1, 0.15) is 24.4 Å². The third kappa shape index (κ3) is 2.76. The summed E-state index contributed by atoms with van der Waals surface area (Å²) in [4.78, 5) is 11.5. The highest BCUT2D eigenvalue weighted by Gasteiger charge is 2.23. The molecule has 1 aromatic rings. The Balaban J connectivity index is 0.00000112. The summed E-state index contributed by atoms with van der Waals surface area (Å²) in [6.45, 7) is 0.826. The van der Waals surface area contributed by atoms with Crippen molar-refractivity contribution in [1.29, 1.82) is 0 Å². The molecule has 0 bridgehead atoms. The molecule has 1 saturated heterocycles. The van der Waals surface area contributed by atoms with Crippen molar-refractivity contribution < 1.29 is 9.18 Å². The van der Waals surface area contributed by atoms with Crippen molar-refractivity contribution in [2.24, 2.45) is 0 Å². The Morgan fingerprint density at radius 3 is 2.87 bits per heavy atom. The molecule has 2 rings (SSSR count). The number of hydrogen-bond acceptors (Lipinski definition) is 2. The highest BCUT2D eigenvalue weighted by molar-refractivity contribution is 5.86. The third-order valence-electron chi connectivity index (χ3n) is 2.45. The molecule has 1 N–H and O–H groups in total. The van der Waals surface area contributed by atoms with Gasteiger partial charge in [0.1, 0.15) is 5.82 Å². The van der Waals surface area contributed by atoms with Crippen LogP contribution in [-0.2, 0) is 4.79 Å². The highest BCUT2D eigenvalue weighted by Crippen LogP contribution is 2.20. The van der Waals surface area contributed by atoms with E-state index in [2.05, 4.69) is 5.32 Å². The number of carbonyl (C=O) groups is 1. The van der Waals surface area contributed by atoms with Crippen LogP contribution in [0.25, 0.3) is 0 Å². The smallest absolute Gasteiger partial charge is 0.154 e. The van der Waals surface area contributed by atoms with Crippen LogP contribution in [0.2, 0.25) is 0 Å². The topological polar surface area (TPSA) is 29.1 Å². The molecule has 1 atom stereocenters. The van der Waals surface area contributed by atoms with Gasteiger partial charge in [-0.25, -0.2) is 4.39 Å². The summed E-state index contributed by atoms with van der Waals surface area (Å²) in [5.74, 6) is -0.135. The van der Waals surface area contributed by atoms with Crippen LogP contribution in [0.4, 0.5) is 4.39 Å². The molecule has 4 heteroatoms. The molecule has 1 fully saturated rings. The van der Waals surface area contributed by atoms with Crippen LogP contribution in [0.15, 0.2) is 24.3 Å². The number of halogens is 2. The van der Waals surface area contributed by atoms with Crippen molar-refractivity contribution in [2.45, 2.75) is 18.9 Å². The maximum Gasteiger partial charge on any atom is 0.154 e. The summed E-state index contributed by atoms with van der Waals surface area (Å²) < 4.78 is 12.9. The van der Waals surface area contributed by atoms with Gasteiger partial charge in [0.2, 0.25) is 0 Å². The van der Waals surface area contributed by atoms with Gasteiger partial charge >= 0.3 is 0 Å². The minimum Gasteiger partial charge on any atom is -0.304 e. The van der Waals surface area contributed by atoms with E-state index >= 15 is 0 Å². The lowest BCUT2D eigenvalue weighted by Crippen LogP contribution is -2.34. The first-order chi connectivity index (χ1) is 6.77. The van der Waals surface area contributed by atoms with Gasteiger partial charge in [-0.1, -0.05) is 12.1 Å². The van der Waals surface area contributed by atoms with Crippen molar-refractivity contribution in [2.75, 3.05) is 6.54 Å². The van der Waals surface area contributed by atoms with Crippen LogP contribution >= 0.6 is 12.4 Å². The van der Waals surface area contributed by atoms with Gasteiger partial charge in [0, 0.05) is 6.42 Å². The maximum absolute atomic E-state index is 12.9. The van der Waals surface area contributed by atoms with Crippen LogP contribution in [0.3, 0.4) is 0 Å². The van der Waals surface area contributed by atoms with Crippen LogP contribution in [0.5, 0.6) is 0 Å². The molecular weight excluding hydrogens is 217 g/mol.